The Morgan fingerprint density at radius 3 is 2.64 bits per heavy atom. The fourth-order valence-corrected chi connectivity index (χ4v) is 3.84. The van der Waals surface area contributed by atoms with E-state index in [1.54, 1.807) is 0 Å². The highest BCUT2D eigenvalue weighted by molar-refractivity contribution is 5.97. The van der Waals surface area contributed by atoms with Gasteiger partial charge in [-0.1, -0.05) is 42.5 Å². The van der Waals surface area contributed by atoms with Crippen LogP contribution in [0, 0.1) is 0 Å². The Hall–Kier alpha value is -2.37. The van der Waals surface area contributed by atoms with Crippen molar-refractivity contribution in [3.8, 4) is 0 Å². The van der Waals surface area contributed by atoms with Crippen molar-refractivity contribution in [2.75, 3.05) is 31.7 Å². The monoisotopic (exact) mass is 379 g/mol. The number of hydrogen-bond donors (Lipinski definition) is 1. The molecule has 1 N–H and O–H groups in total. The summed E-state index contributed by atoms with van der Waals surface area (Å²) in [6.07, 6.45) is 3.40. The Balaban J connectivity index is 1.29. The van der Waals surface area contributed by atoms with E-state index in [1.807, 2.05) is 7.05 Å². The molecule has 5 nitrogen and oxygen atoms in total. The van der Waals surface area contributed by atoms with Crippen LogP contribution in [0.2, 0.25) is 0 Å². The van der Waals surface area contributed by atoms with E-state index >= 15 is 0 Å². The number of ether oxygens (including phenoxy) is 2. The van der Waals surface area contributed by atoms with Crippen LogP contribution in [0.5, 0.6) is 0 Å². The molecule has 0 spiro atoms. The molecule has 148 valence electrons. The Morgan fingerprint density at radius 1 is 1.11 bits per heavy atom. The molecule has 2 aromatic rings. The molecule has 28 heavy (non-hydrogen) atoms. The van der Waals surface area contributed by atoms with Crippen LogP contribution < -0.4 is 10.2 Å². The zero-order valence-electron chi connectivity index (χ0n) is 16.6. The highest BCUT2D eigenvalue weighted by atomic mass is 16.5. The van der Waals surface area contributed by atoms with Crippen molar-refractivity contribution in [1.29, 1.82) is 0 Å². The minimum absolute atomic E-state index is 0.335. The third-order valence-electron chi connectivity index (χ3n) is 5.48. The van der Waals surface area contributed by atoms with Crippen molar-refractivity contribution in [1.82, 2.24) is 5.32 Å². The second kappa shape index (κ2) is 9.22. The predicted octanol–water partition coefficient (Wildman–Crippen LogP) is 3.52. The molecular weight excluding hydrogens is 350 g/mol. The van der Waals surface area contributed by atoms with Crippen LogP contribution in [0.15, 0.2) is 53.5 Å². The largest absolute Gasteiger partial charge is 0.381 e. The van der Waals surface area contributed by atoms with Crippen molar-refractivity contribution in [3.05, 3.63) is 65.2 Å². The molecule has 4 rings (SSSR count). The lowest BCUT2D eigenvalue weighted by Gasteiger charge is -2.23. The second-order valence-corrected chi connectivity index (χ2v) is 7.37. The lowest BCUT2D eigenvalue weighted by atomic mass is 10.1. The van der Waals surface area contributed by atoms with Crippen LogP contribution in [0.4, 0.5) is 5.69 Å². The summed E-state index contributed by atoms with van der Waals surface area (Å²) in [5.74, 6) is 0.928. The van der Waals surface area contributed by atoms with Crippen molar-refractivity contribution in [2.45, 2.75) is 38.5 Å². The van der Waals surface area contributed by atoms with Crippen LogP contribution in [0.1, 0.15) is 29.5 Å². The molecule has 2 aromatic carbocycles. The Kier molecular flexibility index (Phi) is 6.24. The average Bonchev–Trinajstić information content (AvgIpc) is 3.18. The minimum Gasteiger partial charge on any atom is -0.381 e. The molecule has 0 aromatic heterocycles. The van der Waals surface area contributed by atoms with E-state index < -0.39 is 0 Å². The predicted molar refractivity (Wildman–Crippen MR) is 113 cm³/mol. The number of anilines is 1. The fraction of sp³-hybridized carbons (Fsp3) is 0.435. The smallest absolute Gasteiger partial charge is 0.198 e. The highest BCUT2D eigenvalue weighted by Crippen LogP contribution is 2.27. The van der Waals surface area contributed by atoms with Crippen molar-refractivity contribution in [3.63, 3.8) is 0 Å². The maximum absolute atomic E-state index is 6.00. The number of fused-ring (bicyclic) bond motifs is 1. The lowest BCUT2D eigenvalue weighted by molar-refractivity contribution is -0.0390. The van der Waals surface area contributed by atoms with E-state index in [0.717, 1.165) is 51.5 Å². The summed E-state index contributed by atoms with van der Waals surface area (Å²) < 4.78 is 11.4. The van der Waals surface area contributed by atoms with Gasteiger partial charge in [-0.25, -0.2) is 0 Å². The number of aliphatic imine (C=N–C) groups is 1. The van der Waals surface area contributed by atoms with Crippen LogP contribution in [0.25, 0.3) is 0 Å². The molecule has 2 aliphatic heterocycles. The number of guanidine groups is 1. The van der Waals surface area contributed by atoms with Gasteiger partial charge in [0.2, 0.25) is 0 Å². The summed E-state index contributed by atoms with van der Waals surface area (Å²) in [5, 5.41) is 3.50. The molecule has 0 amide bonds. The molecule has 0 atom stereocenters. The van der Waals surface area contributed by atoms with Gasteiger partial charge in [0.15, 0.2) is 5.96 Å². The number of nitrogens with one attached hydrogen (secondary N) is 1. The zero-order chi connectivity index (χ0) is 19.2. The zero-order valence-corrected chi connectivity index (χ0v) is 16.6. The SMILES string of the molecule is CN=C(NCc1ccc(COC2CCOCC2)cc1)N1CCc2ccccc21. The molecule has 1 fully saturated rings. The molecule has 0 aliphatic carbocycles. The first-order chi connectivity index (χ1) is 13.8. The van der Waals surface area contributed by atoms with Gasteiger partial charge in [-0.05, 0) is 42.0 Å². The first-order valence-corrected chi connectivity index (χ1v) is 10.2. The summed E-state index contributed by atoms with van der Waals surface area (Å²) >= 11 is 0. The molecule has 0 saturated carbocycles. The molecule has 0 radical (unpaired) electrons. The number of nitrogens with zero attached hydrogens (tertiary/aromatic N) is 2. The van der Waals surface area contributed by atoms with Gasteiger partial charge in [-0.2, -0.15) is 0 Å². The molecule has 0 bridgehead atoms. The average molecular weight is 380 g/mol. The van der Waals surface area contributed by atoms with Gasteiger partial charge >= 0.3 is 0 Å². The van der Waals surface area contributed by atoms with Gasteiger partial charge in [-0.3, -0.25) is 4.99 Å². The highest BCUT2D eigenvalue weighted by Gasteiger charge is 2.22. The van der Waals surface area contributed by atoms with Crippen molar-refractivity contribution in [2.24, 2.45) is 4.99 Å². The Morgan fingerprint density at radius 2 is 1.86 bits per heavy atom. The summed E-state index contributed by atoms with van der Waals surface area (Å²) in [6.45, 7) is 4.04. The summed E-state index contributed by atoms with van der Waals surface area (Å²) in [5.41, 5.74) is 5.10. The molecule has 0 unspecified atom stereocenters. The summed E-state index contributed by atoms with van der Waals surface area (Å²) in [6, 6.07) is 17.2. The number of hydrogen-bond acceptors (Lipinski definition) is 3. The third kappa shape index (κ3) is 4.54. The minimum atomic E-state index is 0.335. The number of rotatable bonds is 5. The van der Waals surface area contributed by atoms with Crippen LogP contribution in [-0.4, -0.2) is 38.9 Å². The van der Waals surface area contributed by atoms with Gasteiger partial charge < -0.3 is 19.7 Å². The molecular formula is C23H29N3O2. The third-order valence-corrected chi connectivity index (χ3v) is 5.48. The van der Waals surface area contributed by atoms with Gasteiger partial charge in [0.05, 0.1) is 12.7 Å². The summed E-state index contributed by atoms with van der Waals surface area (Å²) in [4.78, 5) is 6.75. The van der Waals surface area contributed by atoms with Gasteiger partial charge in [0, 0.05) is 39.0 Å². The van der Waals surface area contributed by atoms with E-state index in [9.17, 15) is 0 Å². The fourth-order valence-electron chi connectivity index (χ4n) is 3.84. The van der Waals surface area contributed by atoms with E-state index in [-0.39, 0.29) is 0 Å². The quantitative estimate of drug-likeness (QED) is 0.638. The number of benzene rings is 2. The molecule has 2 aliphatic rings. The van der Waals surface area contributed by atoms with E-state index in [2.05, 4.69) is 63.7 Å². The van der Waals surface area contributed by atoms with Crippen LogP contribution in [-0.2, 0) is 29.0 Å². The van der Waals surface area contributed by atoms with Gasteiger partial charge in [0.1, 0.15) is 0 Å². The standard InChI is InChI=1S/C23H29N3O2/c1-24-23(26-13-10-20-4-2-3-5-22(20)26)25-16-18-6-8-19(9-7-18)17-28-21-11-14-27-15-12-21/h2-9,21H,10-17H2,1H3,(H,24,25). The van der Waals surface area contributed by atoms with Gasteiger partial charge in [-0.15, -0.1) is 0 Å². The first kappa shape index (κ1) is 19.0. The topological polar surface area (TPSA) is 46.1 Å². The lowest BCUT2D eigenvalue weighted by Crippen LogP contribution is -2.40. The van der Waals surface area contributed by atoms with E-state index in [1.165, 1.54) is 22.4 Å². The van der Waals surface area contributed by atoms with Crippen LogP contribution in [0.3, 0.4) is 0 Å². The Labute approximate surface area is 167 Å². The molecule has 1 saturated heterocycles. The van der Waals surface area contributed by atoms with Crippen molar-refractivity contribution < 1.29 is 9.47 Å². The normalized spacial score (nSPS) is 17.6. The Bertz CT molecular complexity index is 798. The molecule has 2 heterocycles. The maximum atomic E-state index is 6.00. The number of para-hydroxylation sites is 1. The van der Waals surface area contributed by atoms with Crippen LogP contribution >= 0.6 is 0 Å². The van der Waals surface area contributed by atoms with E-state index in [0.29, 0.717) is 12.7 Å². The van der Waals surface area contributed by atoms with Gasteiger partial charge in [0.25, 0.3) is 0 Å². The van der Waals surface area contributed by atoms with E-state index in [4.69, 9.17) is 9.47 Å². The molecule has 5 heteroatoms. The second-order valence-electron chi connectivity index (χ2n) is 7.37. The maximum Gasteiger partial charge on any atom is 0.198 e. The summed E-state index contributed by atoms with van der Waals surface area (Å²) in [7, 11) is 1.85. The first-order valence-electron chi connectivity index (χ1n) is 10.2. The van der Waals surface area contributed by atoms with Crippen molar-refractivity contribution >= 4 is 11.6 Å².